The maximum absolute atomic E-state index is 6.22. The smallest absolute Gasteiger partial charge is 0.188 e. The minimum absolute atomic E-state index is 0.228. The van der Waals surface area contributed by atoms with Crippen LogP contribution in [0.1, 0.15) is 26.2 Å². The molecule has 15 heavy (non-hydrogen) atoms. The van der Waals surface area contributed by atoms with Gasteiger partial charge in [0.2, 0.25) is 0 Å². The highest BCUT2D eigenvalue weighted by molar-refractivity contribution is 6.72. The molecule has 0 aromatic rings. The van der Waals surface area contributed by atoms with Crippen molar-refractivity contribution in [1.82, 2.24) is 0 Å². The monoisotopic (exact) mass is 220 g/mol. The lowest BCUT2D eigenvalue weighted by Gasteiger charge is -2.31. The fourth-order valence-corrected chi connectivity index (χ4v) is 4.19. The van der Waals surface area contributed by atoms with Crippen molar-refractivity contribution in [1.29, 1.82) is 0 Å². The Balaban J connectivity index is 2.71. The van der Waals surface area contributed by atoms with E-state index in [1.165, 1.54) is 0 Å². The summed E-state index contributed by atoms with van der Waals surface area (Å²) in [6.07, 6.45) is 11.3. The van der Waals surface area contributed by atoms with Gasteiger partial charge in [-0.3, -0.25) is 0 Å². The summed E-state index contributed by atoms with van der Waals surface area (Å²) in [7, 11) is -1.51. The van der Waals surface area contributed by atoms with Crippen molar-refractivity contribution >= 4 is 8.32 Å². The topological polar surface area (TPSA) is 9.23 Å². The van der Waals surface area contributed by atoms with Crippen molar-refractivity contribution in [2.45, 2.75) is 50.9 Å². The van der Waals surface area contributed by atoms with Crippen molar-refractivity contribution in [2.75, 3.05) is 0 Å². The van der Waals surface area contributed by atoms with Gasteiger partial charge < -0.3 is 4.43 Å². The summed E-state index contributed by atoms with van der Waals surface area (Å²) < 4.78 is 6.22. The van der Waals surface area contributed by atoms with E-state index in [-0.39, 0.29) is 5.60 Å². The van der Waals surface area contributed by atoms with E-state index < -0.39 is 8.32 Å². The van der Waals surface area contributed by atoms with Gasteiger partial charge in [0.1, 0.15) is 0 Å². The van der Waals surface area contributed by atoms with Crippen molar-refractivity contribution in [3.8, 4) is 12.3 Å². The summed E-state index contributed by atoms with van der Waals surface area (Å²) in [5, 5.41) is 0. The summed E-state index contributed by atoms with van der Waals surface area (Å²) in [5.41, 5.74) is 0.916. The highest BCUT2D eigenvalue weighted by Gasteiger charge is 2.45. The molecule has 1 rings (SSSR count). The summed E-state index contributed by atoms with van der Waals surface area (Å²) in [4.78, 5) is 0. The van der Waals surface area contributed by atoms with Gasteiger partial charge in [-0.15, -0.1) is 18.9 Å². The van der Waals surface area contributed by atoms with Gasteiger partial charge in [-0.2, -0.15) is 0 Å². The molecule has 82 valence electrons. The lowest BCUT2D eigenvalue weighted by Crippen LogP contribution is -2.35. The van der Waals surface area contributed by atoms with E-state index >= 15 is 0 Å². The minimum atomic E-state index is -1.51. The minimum Gasteiger partial charge on any atom is -0.411 e. The number of terminal acetylenes is 1. The fraction of sp³-hybridized carbons (Fsp3) is 0.615. The maximum atomic E-state index is 6.22. The fourth-order valence-electron chi connectivity index (χ4n) is 2.06. The Morgan fingerprint density at radius 3 is 2.73 bits per heavy atom. The van der Waals surface area contributed by atoms with Gasteiger partial charge in [0.05, 0.1) is 5.60 Å². The van der Waals surface area contributed by atoms with Crippen molar-refractivity contribution in [3.05, 3.63) is 18.6 Å². The van der Waals surface area contributed by atoms with E-state index in [1.807, 2.05) is 6.92 Å². The van der Waals surface area contributed by atoms with Crippen LogP contribution in [0.4, 0.5) is 0 Å². The molecule has 0 aliphatic carbocycles. The van der Waals surface area contributed by atoms with Crippen LogP contribution < -0.4 is 0 Å². The lowest BCUT2D eigenvalue weighted by atomic mass is 9.88. The van der Waals surface area contributed by atoms with Gasteiger partial charge in [-0.05, 0) is 38.9 Å². The third-order valence-corrected chi connectivity index (χ3v) is 4.54. The molecule has 1 fully saturated rings. The number of hydrogen-bond acceptors (Lipinski definition) is 1. The third-order valence-electron chi connectivity index (χ3n) is 2.57. The molecule has 0 spiro atoms. The second-order valence-corrected chi connectivity index (χ2v) is 9.12. The van der Waals surface area contributed by atoms with E-state index in [1.54, 1.807) is 0 Å². The number of hydrogen-bond donors (Lipinski definition) is 0. The Bertz CT molecular complexity index is 287. The van der Waals surface area contributed by atoms with Crippen molar-refractivity contribution in [2.24, 2.45) is 0 Å². The molecule has 0 bridgehead atoms. The Morgan fingerprint density at radius 1 is 1.67 bits per heavy atom. The largest absolute Gasteiger partial charge is 0.411 e. The zero-order valence-corrected chi connectivity index (χ0v) is 11.0. The molecule has 0 aromatic carbocycles. The Hall–Kier alpha value is -0.523. The van der Waals surface area contributed by atoms with Crippen LogP contribution in [0, 0.1) is 18.8 Å². The van der Waals surface area contributed by atoms with Crippen LogP contribution in [-0.2, 0) is 4.43 Å². The van der Waals surface area contributed by atoms with Crippen molar-refractivity contribution in [3.63, 3.8) is 0 Å². The second kappa shape index (κ2) is 4.55. The quantitative estimate of drug-likeness (QED) is 0.401. The first-order chi connectivity index (χ1) is 6.89. The predicted octanol–water partition coefficient (Wildman–Crippen LogP) is 3.42. The highest BCUT2D eigenvalue weighted by atomic mass is 28.4. The third kappa shape index (κ3) is 3.51. The zero-order valence-electron chi connectivity index (χ0n) is 10.0. The molecule has 0 saturated carbocycles. The molecule has 2 radical (unpaired) electrons. The molecule has 2 heteroatoms. The van der Waals surface area contributed by atoms with E-state index in [0.29, 0.717) is 0 Å². The first-order valence-electron chi connectivity index (χ1n) is 5.42. The van der Waals surface area contributed by atoms with E-state index in [4.69, 9.17) is 10.8 Å². The van der Waals surface area contributed by atoms with Gasteiger partial charge >= 0.3 is 0 Å². The summed E-state index contributed by atoms with van der Waals surface area (Å²) in [6.45, 7) is 10.5. The van der Waals surface area contributed by atoms with E-state index in [9.17, 15) is 0 Å². The van der Waals surface area contributed by atoms with Gasteiger partial charge in [0.25, 0.3) is 0 Å². The van der Waals surface area contributed by atoms with E-state index in [0.717, 1.165) is 30.9 Å². The van der Waals surface area contributed by atoms with Gasteiger partial charge in [-0.1, -0.05) is 5.57 Å². The average molecular weight is 220 g/mol. The highest BCUT2D eigenvalue weighted by Crippen LogP contribution is 2.41. The van der Waals surface area contributed by atoms with Gasteiger partial charge in [-0.25, -0.2) is 0 Å². The van der Waals surface area contributed by atoms with Crippen molar-refractivity contribution < 1.29 is 4.43 Å². The molecule has 1 aliphatic rings. The molecule has 1 aliphatic heterocycles. The summed E-state index contributed by atoms with van der Waals surface area (Å²) in [5.74, 6) is 2.69. The summed E-state index contributed by atoms with van der Waals surface area (Å²) in [6, 6.07) is 1.00. The first kappa shape index (κ1) is 12.5. The number of rotatable bonds is 4. The molecule has 0 N–H and O–H groups in total. The second-order valence-electron chi connectivity index (χ2n) is 5.05. The Labute approximate surface area is 95.0 Å². The first-order valence-corrected chi connectivity index (χ1v) is 8.54. The SMILES string of the molecule is C#CCC[C@]1(CC(=C)C)[C]C[Si](C)(C)O1. The van der Waals surface area contributed by atoms with Crippen LogP contribution in [-0.4, -0.2) is 13.9 Å². The van der Waals surface area contributed by atoms with Gasteiger partial charge in [0.15, 0.2) is 8.32 Å². The van der Waals surface area contributed by atoms with Crippen LogP contribution in [0.25, 0.3) is 0 Å². The molecular weight excluding hydrogens is 200 g/mol. The average Bonchev–Trinajstić information content (AvgIpc) is 2.38. The maximum Gasteiger partial charge on any atom is 0.188 e. The van der Waals surface area contributed by atoms with Crippen LogP contribution in [0.5, 0.6) is 0 Å². The summed E-state index contributed by atoms with van der Waals surface area (Å²) >= 11 is 0. The molecule has 1 nitrogen and oxygen atoms in total. The predicted molar refractivity (Wildman–Crippen MR) is 66.8 cm³/mol. The van der Waals surface area contributed by atoms with Crippen LogP contribution in [0.2, 0.25) is 19.1 Å². The van der Waals surface area contributed by atoms with Crippen LogP contribution >= 0.6 is 0 Å². The van der Waals surface area contributed by atoms with Crippen LogP contribution in [0.3, 0.4) is 0 Å². The standard InChI is InChI=1S/C13H20OSi/c1-6-7-8-13(11-12(2)3)9-10-15(4,5)14-13/h1H,2,7-8,10-11H2,3-5H3/t13-/m1/s1. The van der Waals surface area contributed by atoms with Crippen LogP contribution in [0.15, 0.2) is 12.2 Å². The molecule has 0 aromatic heterocycles. The molecule has 0 amide bonds. The molecule has 1 atom stereocenters. The Morgan fingerprint density at radius 2 is 2.33 bits per heavy atom. The van der Waals surface area contributed by atoms with E-state index in [2.05, 4.69) is 32.0 Å². The van der Waals surface area contributed by atoms with Gasteiger partial charge in [0, 0.05) is 12.8 Å². The Kier molecular flexibility index (Phi) is 3.80. The lowest BCUT2D eigenvalue weighted by molar-refractivity contribution is 0.109. The zero-order chi connectivity index (χ0) is 11.5. The normalized spacial score (nSPS) is 28.7. The molecule has 0 unspecified atom stereocenters. The molecular formula is C13H20OSi. The molecule has 1 heterocycles. The molecule has 1 saturated heterocycles.